The lowest BCUT2D eigenvalue weighted by molar-refractivity contribution is -0.139. The van der Waals surface area contributed by atoms with E-state index in [1.807, 2.05) is 13.8 Å². The quantitative estimate of drug-likeness (QED) is 0.743. The Morgan fingerprint density at radius 1 is 1.50 bits per heavy atom. The number of carboxylic acids is 1. The van der Waals surface area contributed by atoms with Crippen LogP contribution in [0.2, 0.25) is 0 Å². The summed E-state index contributed by atoms with van der Waals surface area (Å²) in [6.07, 6.45) is 1.30. The van der Waals surface area contributed by atoms with Gasteiger partial charge in [-0.15, -0.1) is 0 Å². The molecule has 0 aliphatic rings. The summed E-state index contributed by atoms with van der Waals surface area (Å²) < 4.78 is 10.2. The lowest BCUT2D eigenvalue weighted by atomic mass is 10.3. The van der Waals surface area contributed by atoms with Crippen molar-refractivity contribution in [2.24, 2.45) is 0 Å². The van der Waals surface area contributed by atoms with Crippen LogP contribution >= 0.6 is 0 Å². The van der Waals surface area contributed by atoms with Crippen molar-refractivity contribution in [1.82, 2.24) is 9.97 Å². The van der Waals surface area contributed by atoms with Gasteiger partial charge in [-0.25, -0.2) is 14.8 Å². The maximum absolute atomic E-state index is 10.9. The predicted molar refractivity (Wildman–Crippen MR) is 64.7 cm³/mol. The number of hydrogen-bond donors (Lipinski definition) is 2. The molecule has 18 heavy (non-hydrogen) atoms. The van der Waals surface area contributed by atoms with Gasteiger partial charge in [-0.3, -0.25) is 0 Å². The summed E-state index contributed by atoms with van der Waals surface area (Å²) in [4.78, 5) is 18.8. The number of rotatable bonds is 7. The Bertz CT molecular complexity index is 398. The van der Waals surface area contributed by atoms with Crippen LogP contribution in [0.4, 0.5) is 5.82 Å². The summed E-state index contributed by atoms with van der Waals surface area (Å²) >= 11 is 0. The van der Waals surface area contributed by atoms with Gasteiger partial charge in [0.1, 0.15) is 18.2 Å². The van der Waals surface area contributed by atoms with Crippen LogP contribution in [-0.4, -0.2) is 46.9 Å². The Labute approximate surface area is 105 Å². The third kappa shape index (κ3) is 4.54. The molecule has 0 amide bonds. The molecule has 7 nitrogen and oxygen atoms in total. The Morgan fingerprint density at radius 3 is 2.78 bits per heavy atom. The summed E-state index contributed by atoms with van der Waals surface area (Å²) in [5.41, 5.74) is 0. The number of nitrogens with zero attached hydrogens (tertiary/aromatic N) is 2. The zero-order valence-electron chi connectivity index (χ0n) is 10.6. The number of ether oxygens (including phenoxy) is 2. The number of methoxy groups -OCH3 is 1. The van der Waals surface area contributed by atoms with Crippen LogP contribution < -0.4 is 10.1 Å². The van der Waals surface area contributed by atoms with Gasteiger partial charge in [0.05, 0.1) is 12.7 Å². The number of aliphatic carboxylic acids is 1. The van der Waals surface area contributed by atoms with Crippen LogP contribution in [0.5, 0.6) is 5.88 Å². The maximum atomic E-state index is 10.9. The van der Waals surface area contributed by atoms with E-state index in [-0.39, 0.29) is 12.7 Å². The predicted octanol–water partition coefficient (Wildman–Crippen LogP) is 0.775. The van der Waals surface area contributed by atoms with E-state index in [1.54, 1.807) is 6.07 Å². The number of carbonyl (C=O) groups is 1. The van der Waals surface area contributed by atoms with E-state index in [2.05, 4.69) is 15.3 Å². The molecule has 2 N–H and O–H groups in total. The van der Waals surface area contributed by atoms with E-state index in [0.29, 0.717) is 11.7 Å². The van der Waals surface area contributed by atoms with Crippen molar-refractivity contribution in [3.05, 3.63) is 12.4 Å². The average Bonchev–Trinajstić information content (AvgIpc) is 2.28. The summed E-state index contributed by atoms with van der Waals surface area (Å²) in [7, 11) is 1.44. The van der Waals surface area contributed by atoms with Gasteiger partial charge < -0.3 is 19.9 Å². The molecule has 0 aliphatic heterocycles. The fourth-order valence-corrected chi connectivity index (χ4v) is 1.24. The third-order valence-electron chi connectivity index (χ3n) is 1.95. The molecular formula is C11H17N3O4. The lowest BCUT2D eigenvalue weighted by Crippen LogP contribution is -2.33. The van der Waals surface area contributed by atoms with Gasteiger partial charge in [0.25, 0.3) is 0 Å². The summed E-state index contributed by atoms with van der Waals surface area (Å²) in [5, 5.41) is 11.7. The standard InChI is InChI=1S/C11H17N3O4/c1-7(2)18-10-4-9(12-6-13-10)14-8(5-17-3)11(15)16/h4,6-8H,5H2,1-3H3,(H,15,16)(H,12,13,14). The topological polar surface area (TPSA) is 93.6 Å². The summed E-state index contributed by atoms with van der Waals surface area (Å²) in [6, 6.07) is 0.683. The Morgan fingerprint density at radius 2 is 2.22 bits per heavy atom. The second kappa shape index (κ2) is 6.75. The molecule has 1 aromatic heterocycles. The number of nitrogens with one attached hydrogen (secondary N) is 1. The van der Waals surface area contributed by atoms with Gasteiger partial charge in [0, 0.05) is 13.2 Å². The highest BCUT2D eigenvalue weighted by Crippen LogP contribution is 2.13. The van der Waals surface area contributed by atoms with Crippen LogP contribution in [0.25, 0.3) is 0 Å². The van der Waals surface area contributed by atoms with E-state index >= 15 is 0 Å². The first kappa shape index (κ1) is 14.2. The van der Waals surface area contributed by atoms with E-state index < -0.39 is 12.0 Å². The smallest absolute Gasteiger partial charge is 0.328 e. The number of carboxylic acid groups (broad SMARTS) is 1. The van der Waals surface area contributed by atoms with Crippen molar-refractivity contribution in [3.63, 3.8) is 0 Å². The zero-order valence-corrected chi connectivity index (χ0v) is 10.6. The molecule has 0 spiro atoms. The molecule has 0 fully saturated rings. The van der Waals surface area contributed by atoms with Crippen molar-refractivity contribution < 1.29 is 19.4 Å². The Kier molecular flexibility index (Phi) is 5.31. The molecule has 0 bridgehead atoms. The first-order chi connectivity index (χ1) is 8.52. The SMILES string of the molecule is COCC(Nc1cc(OC(C)C)ncn1)C(=O)O. The van der Waals surface area contributed by atoms with Crippen molar-refractivity contribution in [2.75, 3.05) is 19.0 Å². The summed E-state index contributed by atoms with van der Waals surface area (Å²) in [6.45, 7) is 3.79. The molecule has 1 heterocycles. The minimum absolute atomic E-state index is 0.0120. The molecule has 0 aliphatic carbocycles. The molecule has 7 heteroatoms. The van der Waals surface area contributed by atoms with Crippen molar-refractivity contribution in [3.8, 4) is 5.88 Å². The molecule has 0 radical (unpaired) electrons. The molecule has 1 aromatic rings. The van der Waals surface area contributed by atoms with Crippen molar-refractivity contribution in [2.45, 2.75) is 26.0 Å². The molecule has 100 valence electrons. The monoisotopic (exact) mass is 255 g/mol. The van der Waals surface area contributed by atoms with Gasteiger partial charge in [0.15, 0.2) is 0 Å². The van der Waals surface area contributed by atoms with Gasteiger partial charge in [0.2, 0.25) is 5.88 Å². The molecule has 0 aromatic carbocycles. The molecule has 1 atom stereocenters. The van der Waals surface area contributed by atoms with Crippen molar-refractivity contribution in [1.29, 1.82) is 0 Å². The first-order valence-electron chi connectivity index (χ1n) is 5.50. The van der Waals surface area contributed by atoms with Gasteiger partial charge in [-0.2, -0.15) is 0 Å². The first-order valence-corrected chi connectivity index (χ1v) is 5.50. The third-order valence-corrected chi connectivity index (χ3v) is 1.95. The number of anilines is 1. The van der Waals surface area contributed by atoms with Crippen molar-refractivity contribution >= 4 is 11.8 Å². The number of aromatic nitrogens is 2. The molecule has 0 saturated heterocycles. The second-order valence-corrected chi connectivity index (χ2v) is 3.90. The average molecular weight is 255 g/mol. The van der Waals surface area contributed by atoms with Crippen LogP contribution in [0.15, 0.2) is 12.4 Å². The van der Waals surface area contributed by atoms with Gasteiger partial charge in [-0.1, -0.05) is 0 Å². The fourth-order valence-electron chi connectivity index (χ4n) is 1.24. The highest BCUT2D eigenvalue weighted by molar-refractivity contribution is 5.77. The number of hydrogen-bond acceptors (Lipinski definition) is 6. The largest absolute Gasteiger partial charge is 0.480 e. The highest BCUT2D eigenvalue weighted by Gasteiger charge is 2.17. The lowest BCUT2D eigenvalue weighted by Gasteiger charge is -2.14. The van der Waals surface area contributed by atoms with Gasteiger partial charge in [-0.05, 0) is 13.8 Å². The molecule has 1 rings (SSSR count). The molecule has 1 unspecified atom stereocenters. The van der Waals surface area contributed by atoms with E-state index in [9.17, 15) is 4.79 Å². The van der Waals surface area contributed by atoms with E-state index in [4.69, 9.17) is 14.6 Å². The fraction of sp³-hybridized carbons (Fsp3) is 0.545. The van der Waals surface area contributed by atoms with E-state index in [0.717, 1.165) is 0 Å². The maximum Gasteiger partial charge on any atom is 0.328 e. The van der Waals surface area contributed by atoms with Gasteiger partial charge >= 0.3 is 5.97 Å². The Balaban J connectivity index is 2.73. The van der Waals surface area contributed by atoms with E-state index in [1.165, 1.54) is 13.4 Å². The van der Waals surface area contributed by atoms with Crippen LogP contribution in [0, 0.1) is 0 Å². The summed E-state index contributed by atoms with van der Waals surface area (Å²) in [5.74, 6) is -0.240. The minimum Gasteiger partial charge on any atom is -0.480 e. The second-order valence-electron chi connectivity index (χ2n) is 3.90. The van der Waals surface area contributed by atoms with Crippen LogP contribution in [0.1, 0.15) is 13.8 Å². The normalized spacial score (nSPS) is 12.2. The Hall–Kier alpha value is -1.89. The molecular weight excluding hydrogens is 238 g/mol. The zero-order chi connectivity index (χ0) is 13.5. The van der Waals surface area contributed by atoms with Crippen LogP contribution in [0.3, 0.4) is 0 Å². The highest BCUT2D eigenvalue weighted by atomic mass is 16.5. The minimum atomic E-state index is -1.01. The van der Waals surface area contributed by atoms with Crippen LogP contribution in [-0.2, 0) is 9.53 Å². The molecule has 0 saturated carbocycles.